The fourth-order valence-electron chi connectivity index (χ4n) is 2.67. The van der Waals surface area contributed by atoms with Crippen LogP contribution in [0, 0.1) is 12.8 Å². The number of fused-ring (bicyclic) bond motifs is 1. The molecular weight excluding hydrogens is 234 g/mol. The second kappa shape index (κ2) is 4.17. The van der Waals surface area contributed by atoms with Crippen molar-refractivity contribution in [3.05, 3.63) is 23.3 Å². The monoisotopic (exact) mass is 249 g/mol. The van der Waals surface area contributed by atoms with Gasteiger partial charge in [-0.3, -0.25) is 4.79 Å². The van der Waals surface area contributed by atoms with Crippen LogP contribution in [0.25, 0.3) is 0 Å². The number of hydrogen-bond donors (Lipinski definition) is 2. The van der Waals surface area contributed by atoms with Gasteiger partial charge in [0.25, 0.3) is 0 Å². The molecule has 0 saturated carbocycles. The Labute approximate surface area is 105 Å². The van der Waals surface area contributed by atoms with Crippen molar-refractivity contribution in [2.45, 2.75) is 19.4 Å². The first kappa shape index (κ1) is 11.3. The van der Waals surface area contributed by atoms with Crippen LogP contribution in [0.4, 0.5) is 0 Å². The maximum Gasteiger partial charge on any atom is 0.307 e. The molecule has 2 unspecified atom stereocenters. The van der Waals surface area contributed by atoms with Gasteiger partial charge in [-0.25, -0.2) is 0 Å². The van der Waals surface area contributed by atoms with Crippen LogP contribution >= 0.6 is 0 Å². The van der Waals surface area contributed by atoms with Gasteiger partial charge < -0.3 is 19.9 Å². The van der Waals surface area contributed by atoms with Crippen molar-refractivity contribution in [3.63, 3.8) is 0 Å². The van der Waals surface area contributed by atoms with Gasteiger partial charge in [0.2, 0.25) is 6.79 Å². The molecule has 1 aromatic carbocycles. The summed E-state index contributed by atoms with van der Waals surface area (Å²) in [6.45, 7) is 2.77. The summed E-state index contributed by atoms with van der Waals surface area (Å²) in [6.07, 6.45) is 0.621. The Kier molecular flexibility index (Phi) is 2.63. The van der Waals surface area contributed by atoms with E-state index < -0.39 is 5.97 Å². The van der Waals surface area contributed by atoms with Crippen molar-refractivity contribution in [1.82, 2.24) is 5.32 Å². The van der Waals surface area contributed by atoms with Crippen LogP contribution in [0.5, 0.6) is 11.5 Å². The SMILES string of the molecule is Cc1c(C2CC(C(=O)O)CN2)ccc2c1OCO2. The van der Waals surface area contributed by atoms with Crippen molar-refractivity contribution in [3.8, 4) is 11.5 Å². The molecule has 3 rings (SSSR count). The molecule has 0 aromatic heterocycles. The minimum absolute atomic E-state index is 0.0839. The van der Waals surface area contributed by atoms with Gasteiger partial charge in [-0.2, -0.15) is 0 Å². The Balaban J connectivity index is 1.88. The molecular formula is C13H15NO4. The molecule has 2 atom stereocenters. The van der Waals surface area contributed by atoms with E-state index in [1.165, 1.54) is 0 Å². The maximum atomic E-state index is 11.0. The van der Waals surface area contributed by atoms with Gasteiger partial charge in [-0.05, 0) is 30.5 Å². The molecule has 0 spiro atoms. The third-order valence-electron chi connectivity index (χ3n) is 3.68. The number of carboxylic acids is 1. The molecule has 2 aliphatic rings. The molecule has 5 nitrogen and oxygen atoms in total. The molecule has 0 amide bonds. The number of nitrogens with one attached hydrogen (secondary N) is 1. The number of rotatable bonds is 2. The first-order valence-electron chi connectivity index (χ1n) is 6.02. The number of benzene rings is 1. The molecule has 0 bridgehead atoms. The summed E-state index contributed by atoms with van der Waals surface area (Å²) in [4.78, 5) is 11.0. The van der Waals surface area contributed by atoms with E-state index in [1.807, 2.05) is 19.1 Å². The number of hydrogen-bond acceptors (Lipinski definition) is 4. The topological polar surface area (TPSA) is 67.8 Å². The quantitative estimate of drug-likeness (QED) is 0.830. The van der Waals surface area contributed by atoms with Crippen molar-refractivity contribution < 1.29 is 19.4 Å². The van der Waals surface area contributed by atoms with E-state index in [9.17, 15) is 4.79 Å². The molecule has 0 aliphatic carbocycles. The van der Waals surface area contributed by atoms with Crippen LogP contribution in [0.2, 0.25) is 0 Å². The molecule has 5 heteroatoms. The molecule has 1 aromatic rings. The first-order valence-corrected chi connectivity index (χ1v) is 6.02. The highest BCUT2D eigenvalue weighted by atomic mass is 16.7. The lowest BCUT2D eigenvalue weighted by molar-refractivity contribution is -0.141. The molecule has 96 valence electrons. The van der Waals surface area contributed by atoms with E-state index in [-0.39, 0.29) is 18.8 Å². The maximum absolute atomic E-state index is 11.0. The summed E-state index contributed by atoms with van der Waals surface area (Å²) < 4.78 is 10.8. The molecule has 1 fully saturated rings. The molecule has 0 radical (unpaired) electrons. The molecule has 1 saturated heterocycles. The number of ether oxygens (including phenoxy) is 2. The van der Waals surface area contributed by atoms with E-state index >= 15 is 0 Å². The zero-order chi connectivity index (χ0) is 12.7. The highest BCUT2D eigenvalue weighted by molar-refractivity contribution is 5.71. The number of carbonyl (C=O) groups is 1. The molecule has 2 aliphatic heterocycles. The first-order chi connectivity index (χ1) is 8.66. The second-order valence-corrected chi connectivity index (χ2v) is 4.75. The lowest BCUT2D eigenvalue weighted by Crippen LogP contribution is -2.17. The predicted molar refractivity (Wildman–Crippen MR) is 63.8 cm³/mol. The van der Waals surface area contributed by atoms with Gasteiger partial charge in [0, 0.05) is 12.6 Å². The Morgan fingerprint density at radius 3 is 3.00 bits per heavy atom. The fourth-order valence-corrected chi connectivity index (χ4v) is 2.67. The van der Waals surface area contributed by atoms with Crippen LogP contribution < -0.4 is 14.8 Å². The van der Waals surface area contributed by atoms with Gasteiger partial charge in [-0.1, -0.05) is 6.07 Å². The molecule has 2 heterocycles. The Morgan fingerprint density at radius 2 is 2.28 bits per heavy atom. The lowest BCUT2D eigenvalue weighted by Gasteiger charge is -2.15. The Hall–Kier alpha value is -1.75. The van der Waals surface area contributed by atoms with Crippen molar-refractivity contribution >= 4 is 5.97 Å². The van der Waals surface area contributed by atoms with Gasteiger partial charge in [0.05, 0.1) is 5.92 Å². The van der Waals surface area contributed by atoms with Crippen LogP contribution in [0.1, 0.15) is 23.6 Å². The minimum atomic E-state index is -0.733. The number of carboxylic acid groups (broad SMARTS) is 1. The van der Waals surface area contributed by atoms with Gasteiger partial charge >= 0.3 is 5.97 Å². The van der Waals surface area contributed by atoms with E-state index in [0.29, 0.717) is 13.0 Å². The second-order valence-electron chi connectivity index (χ2n) is 4.75. The standard InChI is InChI=1S/C13H15NO4/c1-7-9(2-3-11-12(7)18-6-17-11)10-4-8(5-14-10)13(15)16/h2-3,8,10,14H,4-6H2,1H3,(H,15,16). The minimum Gasteiger partial charge on any atom is -0.481 e. The Morgan fingerprint density at radius 1 is 1.44 bits per heavy atom. The van der Waals surface area contributed by atoms with E-state index in [2.05, 4.69) is 5.32 Å². The lowest BCUT2D eigenvalue weighted by atomic mass is 9.96. The molecule has 18 heavy (non-hydrogen) atoms. The normalized spacial score (nSPS) is 25.4. The Bertz CT molecular complexity index is 500. The highest BCUT2D eigenvalue weighted by Crippen LogP contribution is 2.40. The van der Waals surface area contributed by atoms with Crippen molar-refractivity contribution in [1.29, 1.82) is 0 Å². The van der Waals surface area contributed by atoms with Gasteiger partial charge in [0.1, 0.15) is 0 Å². The summed E-state index contributed by atoms with van der Waals surface area (Å²) in [7, 11) is 0. The summed E-state index contributed by atoms with van der Waals surface area (Å²) in [5.74, 6) is 0.514. The summed E-state index contributed by atoms with van der Waals surface area (Å²) in [6, 6.07) is 3.96. The predicted octanol–water partition coefficient (Wildman–Crippen LogP) is 1.46. The number of aliphatic carboxylic acids is 1. The smallest absolute Gasteiger partial charge is 0.307 e. The summed E-state index contributed by atoms with van der Waals surface area (Å²) >= 11 is 0. The van der Waals surface area contributed by atoms with Crippen molar-refractivity contribution in [2.75, 3.05) is 13.3 Å². The third kappa shape index (κ3) is 1.71. The summed E-state index contributed by atoms with van der Waals surface area (Å²) in [5.41, 5.74) is 2.14. The van der Waals surface area contributed by atoms with E-state index in [4.69, 9.17) is 14.6 Å². The van der Waals surface area contributed by atoms with Crippen LogP contribution in [0.15, 0.2) is 12.1 Å². The van der Waals surface area contributed by atoms with Crippen LogP contribution in [-0.2, 0) is 4.79 Å². The van der Waals surface area contributed by atoms with E-state index in [0.717, 1.165) is 22.6 Å². The molecule has 2 N–H and O–H groups in total. The zero-order valence-corrected chi connectivity index (χ0v) is 10.1. The van der Waals surface area contributed by atoms with Crippen molar-refractivity contribution in [2.24, 2.45) is 5.92 Å². The average molecular weight is 249 g/mol. The van der Waals surface area contributed by atoms with Crippen LogP contribution in [0.3, 0.4) is 0 Å². The summed E-state index contributed by atoms with van der Waals surface area (Å²) in [5, 5.41) is 12.3. The van der Waals surface area contributed by atoms with Gasteiger partial charge in [-0.15, -0.1) is 0 Å². The zero-order valence-electron chi connectivity index (χ0n) is 10.1. The average Bonchev–Trinajstić information content (AvgIpc) is 2.97. The third-order valence-corrected chi connectivity index (χ3v) is 3.68. The van der Waals surface area contributed by atoms with Crippen LogP contribution in [-0.4, -0.2) is 24.4 Å². The highest BCUT2D eigenvalue weighted by Gasteiger charge is 2.32. The largest absolute Gasteiger partial charge is 0.481 e. The van der Waals surface area contributed by atoms with E-state index in [1.54, 1.807) is 0 Å². The van der Waals surface area contributed by atoms with Gasteiger partial charge in [0.15, 0.2) is 11.5 Å². The fraction of sp³-hybridized carbons (Fsp3) is 0.462.